The Balaban J connectivity index is 3.44. The second-order valence-corrected chi connectivity index (χ2v) is 3.42. The summed E-state index contributed by atoms with van der Waals surface area (Å²) in [5, 5.41) is -0.884. The number of halogens is 6. The van der Waals surface area contributed by atoms with Gasteiger partial charge in [0.2, 0.25) is 0 Å². The Kier molecular flexibility index (Phi) is 3.66. The van der Waals surface area contributed by atoms with Crippen molar-refractivity contribution in [2.45, 2.75) is 6.18 Å². The normalized spacial score (nSPS) is 11.5. The molecule has 1 aromatic carbocycles. The number of methoxy groups -OCH3 is 1. The van der Waals surface area contributed by atoms with Crippen molar-refractivity contribution in [3.05, 3.63) is 34.9 Å². The first kappa shape index (κ1) is 13.8. The van der Waals surface area contributed by atoms with E-state index in [1.807, 2.05) is 0 Å². The van der Waals surface area contributed by atoms with Crippen molar-refractivity contribution < 1.29 is 26.7 Å². The first-order chi connectivity index (χ1) is 7.70. The Labute approximate surface area is 98.4 Å². The molecule has 0 aliphatic carbocycles. The molecule has 0 radical (unpaired) electrons. The molecular weight excluding hydrogens is 267 g/mol. The second kappa shape index (κ2) is 4.52. The summed E-state index contributed by atoms with van der Waals surface area (Å²) in [4.78, 5) is 0. The fraction of sp³-hybridized carbons (Fsp3) is 0.200. The molecule has 1 rings (SSSR count). The van der Waals surface area contributed by atoms with Crippen LogP contribution in [0.3, 0.4) is 0 Å². The molecule has 94 valence electrons. The van der Waals surface area contributed by atoms with Gasteiger partial charge in [-0.3, -0.25) is 0 Å². The summed E-state index contributed by atoms with van der Waals surface area (Å²) >= 11 is 5.37. The summed E-state index contributed by atoms with van der Waals surface area (Å²) in [5.74, 6) is -3.52. The van der Waals surface area contributed by atoms with Crippen LogP contribution in [-0.4, -0.2) is 13.3 Å². The maximum atomic E-state index is 13.4. The van der Waals surface area contributed by atoms with Crippen molar-refractivity contribution in [1.82, 2.24) is 0 Å². The molecule has 0 fully saturated rings. The summed E-state index contributed by atoms with van der Waals surface area (Å²) in [6.45, 7) is 2.71. The van der Waals surface area contributed by atoms with Gasteiger partial charge in [0.05, 0.1) is 17.7 Å². The van der Waals surface area contributed by atoms with E-state index in [4.69, 9.17) is 11.6 Å². The van der Waals surface area contributed by atoms with Crippen molar-refractivity contribution in [1.29, 1.82) is 0 Å². The van der Waals surface area contributed by atoms with Crippen molar-refractivity contribution in [3.8, 4) is 5.75 Å². The summed E-state index contributed by atoms with van der Waals surface area (Å²) in [6, 6.07) is 0.431. The first-order valence-electron chi connectivity index (χ1n) is 4.18. The van der Waals surface area contributed by atoms with Crippen LogP contribution in [-0.2, 0) is 0 Å². The lowest BCUT2D eigenvalue weighted by atomic mass is 10.1. The Hall–Kier alpha value is -1.30. The SMILES string of the molecule is C=C(c1cc(F)c(OC)c(F)c1Cl)C(F)(F)F. The molecule has 1 nitrogen and oxygen atoms in total. The van der Waals surface area contributed by atoms with Crippen LogP contribution in [0, 0.1) is 11.6 Å². The van der Waals surface area contributed by atoms with Crippen LogP contribution in [0.15, 0.2) is 12.6 Å². The molecule has 0 heterocycles. The van der Waals surface area contributed by atoms with Gasteiger partial charge in [-0.25, -0.2) is 8.78 Å². The summed E-state index contributed by atoms with van der Waals surface area (Å²) in [5.41, 5.74) is -2.28. The highest BCUT2D eigenvalue weighted by Crippen LogP contribution is 2.40. The molecule has 0 saturated heterocycles. The fourth-order valence-electron chi connectivity index (χ4n) is 1.14. The molecule has 0 aromatic heterocycles. The number of rotatable bonds is 2. The van der Waals surface area contributed by atoms with Gasteiger partial charge in [-0.05, 0) is 6.07 Å². The largest absolute Gasteiger partial charge is 0.491 e. The van der Waals surface area contributed by atoms with Crippen molar-refractivity contribution in [3.63, 3.8) is 0 Å². The van der Waals surface area contributed by atoms with Gasteiger partial charge in [0.15, 0.2) is 17.4 Å². The van der Waals surface area contributed by atoms with Gasteiger partial charge in [-0.2, -0.15) is 13.2 Å². The third kappa shape index (κ3) is 2.52. The number of hydrogen-bond donors (Lipinski definition) is 0. The highest BCUT2D eigenvalue weighted by molar-refractivity contribution is 6.32. The van der Waals surface area contributed by atoms with E-state index < -0.39 is 39.7 Å². The lowest BCUT2D eigenvalue weighted by Crippen LogP contribution is -2.11. The molecule has 0 bridgehead atoms. The highest BCUT2D eigenvalue weighted by Gasteiger charge is 2.35. The lowest BCUT2D eigenvalue weighted by Gasteiger charge is -2.14. The van der Waals surface area contributed by atoms with Gasteiger partial charge in [-0.15, -0.1) is 0 Å². The maximum Gasteiger partial charge on any atom is 0.416 e. The molecule has 0 amide bonds. The maximum absolute atomic E-state index is 13.4. The molecule has 0 unspecified atom stereocenters. The summed E-state index contributed by atoms with van der Waals surface area (Å²) in [7, 11) is 0.968. The predicted octanol–water partition coefficient (Wildman–Crippen LogP) is 4.20. The number of hydrogen-bond acceptors (Lipinski definition) is 1. The fourth-order valence-corrected chi connectivity index (χ4v) is 1.39. The van der Waals surface area contributed by atoms with Crippen LogP contribution >= 0.6 is 11.6 Å². The Bertz CT molecular complexity index is 467. The van der Waals surface area contributed by atoms with Crippen LogP contribution in [0.1, 0.15) is 5.56 Å². The van der Waals surface area contributed by atoms with E-state index in [0.29, 0.717) is 6.07 Å². The monoisotopic (exact) mass is 272 g/mol. The molecular formula is C10H6ClF5O. The Morgan fingerprint density at radius 1 is 1.35 bits per heavy atom. The number of benzene rings is 1. The van der Waals surface area contributed by atoms with E-state index in [9.17, 15) is 22.0 Å². The smallest absolute Gasteiger partial charge is 0.416 e. The van der Waals surface area contributed by atoms with Gasteiger partial charge in [-0.1, -0.05) is 18.2 Å². The molecule has 17 heavy (non-hydrogen) atoms. The number of allylic oxidation sites excluding steroid dienone is 1. The van der Waals surface area contributed by atoms with E-state index in [2.05, 4.69) is 11.3 Å². The zero-order valence-electron chi connectivity index (χ0n) is 8.46. The highest BCUT2D eigenvalue weighted by atomic mass is 35.5. The van der Waals surface area contributed by atoms with Crippen molar-refractivity contribution in [2.24, 2.45) is 0 Å². The van der Waals surface area contributed by atoms with Gasteiger partial charge in [0, 0.05) is 5.56 Å². The van der Waals surface area contributed by atoms with Crippen LogP contribution in [0.2, 0.25) is 5.02 Å². The summed E-state index contributed by atoms with van der Waals surface area (Å²) < 4.78 is 67.9. The summed E-state index contributed by atoms with van der Waals surface area (Å²) in [6.07, 6.45) is -4.82. The minimum Gasteiger partial charge on any atom is -0.491 e. The van der Waals surface area contributed by atoms with Crippen molar-refractivity contribution >= 4 is 17.2 Å². The Morgan fingerprint density at radius 2 is 1.88 bits per heavy atom. The number of alkyl halides is 3. The van der Waals surface area contributed by atoms with E-state index in [1.165, 1.54) is 0 Å². The van der Waals surface area contributed by atoms with Crippen LogP contribution in [0.4, 0.5) is 22.0 Å². The Morgan fingerprint density at radius 3 is 2.29 bits per heavy atom. The topological polar surface area (TPSA) is 9.23 Å². The zero-order chi connectivity index (χ0) is 13.4. The van der Waals surface area contributed by atoms with Crippen LogP contribution in [0.25, 0.3) is 5.57 Å². The minimum atomic E-state index is -4.82. The molecule has 1 aromatic rings. The quantitative estimate of drug-likeness (QED) is 0.579. The minimum absolute atomic E-state index is 0.431. The average molecular weight is 273 g/mol. The number of ether oxygens (including phenoxy) is 1. The molecule has 0 aliphatic rings. The molecule has 0 aliphatic heterocycles. The second-order valence-electron chi connectivity index (χ2n) is 3.04. The van der Waals surface area contributed by atoms with Crippen LogP contribution < -0.4 is 4.74 Å². The van der Waals surface area contributed by atoms with Gasteiger partial charge in [0.1, 0.15) is 0 Å². The third-order valence-electron chi connectivity index (χ3n) is 1.99. The van der Waals surface area contributed by atoms with Crippen LogP contribution in [0.5, 0.6) is 5.75 Å². The first-order valence-corrected chi connectivity index (χ1v) is 4.56. The van der Waals surface area contributed by atoms with E-state index in [1.54, 1.807) is 0 Å². The van der Waals surface area contributed by atoms with E-state index in [-0.39, 0.29) is 0 Å². The lowest BCUT2D eigenvalue weighted by molar-refractivity contribution is -0.0686. The van der Waals surface area contributed by atoms with E-state index in [0.717, 1.165) is 7.11 Å². The van der Waals surface area contributed by atoms with Gasteiger partial charge < -0.3 is 4.74 Å². The molecule has 0 saturated carbocycles. The third-order valence-corrected chi connectivity index (χ3v) is 2.36. The van der Waals surface area contributed by atoms with Gasteiger partial charge in [0.25, 0.3) is 0 Å². The van der Waals surface area contributed by atoms with E-state index >= 15 is 0 Å². The molecule has 0 spiro atoms. The standard InChI is InChI=1S/C10H6ClF5O/c1-4(10(14,15)16)5-3-6(12)9(17-2)8(13)7(5)11/h3H,1H2,2H3. The van der Waals surface area contributed by atoms with Crippen molar-refractivity contribution in [2.75, 3.05) is 7.11 Å². The average Bonchev–Trinajstić information content (AvgIpc) is 2.22. The molecule has 0 N–H and O–H groups in total. The van der Waals surface area contributed by atoms with Gasteiger partial charge >= 0.3 is 6.18 Å². The molecule has 0 atom stereocenters. The predicted molar refractivity (Wildman–Crippen MR) is 53.0 cm³/mol. The zero-order valence-corrected chi connectivity index (χ0v) is 9.22. The molecule has 7 heteroatoms.